The van der Waals surface area contributed by atoms with Crippen molar-refractivity contribution in [3.8, 4) is 0 Å². The number of nitrogens with zero attached hydrogens (tertiary/aromatic N) is 1. The first-order valence-corrected chi connectivity index (χ1v) is 6.94. The molecule has 0 saturated heterocycles. The van der Waals surface area contributed by atoms with E-state index in [9.17, 15) is 0 Å². The van der Waals surface area contributed by atoms with E-state index in [0.717, 1.165) is 16.8 Å². The number of anilines is 1. The third-order valence-corrected chi connectivity index (χ3v) is 3.56. The van der Waals surface area contributed by atoms with Crippen LogP contribution in [0, 0.1) is 0 Å². The highest BCUT2D eigenvalue weighted by Crippen LogP contribution is 2.24. The van der Waals surface area contributed by atoms with Crippen molar-refractivity contribution in [1.82, 2.24) is 4.98 Å². The molecule has 2 rings (SSSR count). The molecule has 18 heavy (non-hydrogen) atoms. The Balaban J connectivity index is 1.99. The van der Waals surface area contributed by atoms with Gasteiger partial charge in [0.15, 0.2) is 0 Å². The predicted molar refractivity (Wildman–Crippen MR) is 80.3 cm³/mol. The Morgan fingerprint density at radius 2 is 2.06 bits per heavy atom. The van der Waals surface area contributed by atoms with Gasteiger partial charge in [-0.25, -0.2) is 4.98 Å². The summed E-state index contributed by atoms with van der Waals surface area (Å²) in [6.07, 6.45) is 1.64. The monoisotopic (exact) mass is 324 g/mol. The maximum Gasteiger partial charge on any atom is 0.140 e. The maximum absolute atomic E-state index is 5.86. The van der Waals surface area contributed by atoms with E-state index in [1.807, 2.05) is 12.1 Å². The molecule has 94 valence electrons. The van der Waals surface area contributed by atoms with Crippen LogP contribution in [0.2, 0.25) is 5.02 Å². The highest BCUT2D eigenvalue weighted by atomic mass is 79.9. The van der Waals surface area contributed by atoms with Gasteiger partial charge >= 0.3 is 0 Å². The number of halogens is 2. The smallest absolute Gasteiger partial charge is 0.140 e. The number of benzene rings is 1. The number of hydrogen-bond donors (Lipinski definition) is 1. The van der Waals surface area contributed by atoms with Gasteiger partial charge < -0.3 is 5.32 Å². The zero-order valence-corrected chi connectivity index (χ0v) is 12.4. The van der Waals surface area contributed by atoms with Gasteiger partial charge in [0.05, 0.1) is 9.50 Å². The van der Waals surface area contributed by atoms with Crippen LogP contribution in [-0.2, 0) is 0 Å². The molecule has 0 fully saturated rings. The van der Waals surface area contributed by atoms with E-state index < -0.39 is 0 Å². The molecule has 2 aromatic rings. The molecule has 2 nitrogen and oxygen atoms in total. The Labute approximate surface area is 121 Å². The van der Waals surface area contributed by atoms with Crippen molar-refractivity contribution in [3.63, 3.8) is 0 Å². The second-order valence-electron chi connectivity index (χ2n) is 4.18. The van der Waals surface area contributed by atoms with Crippen LogP contribution in [0.15, 0.2) is 47.1 Å². The molecule has 0 saturated carbocycles. The fourth-order valence-corrected chi connectivity index (χ4v) is 2.47. The summed E-state index contributed by atoms with van der Waals surface area (Å²) in [5.74, 6) is 1.25. The lowest BCUT2D eigenvalue weighted by molar-refractivity contribution is 0.801. The predicted octanol–water partition coefficient (Wildman–Crippen LogP) is 4.71. The van der Waals surface area contributed by atoms with Gasteiger partial charge in [0.25, 0.3) is 0 Å². The van der Waals surface area contributed by atoms with E-state index in [1.54, 1.807) is 6.20 Å². The summed E-state index contributed by atoms with van der Waals surface area (Å²) in [7, 11) is 0. The molecule has 0 aliphatic heterocycles. The number of aromatic nitrogens is 1. The molecule has 1 heterocycles. The van der Waals surface area contributed by atoms with Gasteiger partial charge in [0.1, 0.15) is 5.82 Å². The normalized spacial score (nSPS) is 12.2. The molecule has 1 unspecified atom stereocenters. The summed E-state index contributed by atoms with van der Waals surface area (Å²) in [6, 6.07) is 12.3. The SMILES string of the molecule is CC(CNc1ncc(Cl)cc1Br)c1ccccc1. The van der Waals surface area contributed by atoms with Gasteiger partial charge in [0, 0.05) is 12.7 Å². The topological polar surface area (TPSA) is 24.9 Å². The summed E-state index contributed by atoms with van der Waals surface area (Å²) < 4.78 is 0.885. The number of nitrogens with one attached hydrogen (secondary N) is 1. The van der Waals surface area contributed by atoms with Gasteiger partial charge in [-0.1, -0.05) is 48.9 Å². The zero-order valence-electron chi connectivity index (χ0n) is 10.0. The third-order valence-electron chi connectivity index (χ3n) is 2.75. The van der Waals surface area contributed by atoms with Crippen LogP contribution in [0.3, 0.4) is 0 Å². The summed E-state index contributed by atoms with van der Waals surface area (Å²) >= 11 is 9.30. The molecule has 4 heteroatoms. The minimum absolute atomic E-state index is 0.426. The Hall–Kier alpha value is -1.06. The van der Waals surface area contributed by atoms with Crippen molar-refractivity contribution in [2.75, 3.05) is 11.9 Å². The van der Waals surface area contributed by atoms with Gasteiger partial charge in [-0.3, -0.25) is 0 Å². The highest BCUT2D eigenvalue weighted by Gasteiger charge is 2.07. The van der Waals surface area contributed by atoms with Crippen LogP contribution < -0.4 is 5.32 Å². The molecule has 0 bridgehead atoms. The fraction of sp³-hybridized carbons (Fsp3) is 0.214. The van der Waals surface area contributed by atoms with Crippen LogP contribution in [0.5, 0.6) is 0 Å². The van der Waals surface area contributed by atoms with E-state index in [-0.39, 0.29) is 0 Å². The van der Waals surface area contributed by atoms with Crippen molar-refractivity contribution in [1.29, 1.82) is 0 Å². The van der Waals surface area contributed by atoms with Crippen LogP contribution in [0.1, 0.15) is 18.4 Å². The molecule has 1 aromatic heterocycles. The van der Waals surface area contributed by atoms with Crippen LogP contribution in [0.4, 0.5) is 5.82 Å². The molecule has 1 atom stereocenters. The fourth-order valence-electron chi connectivity index (χ4n) is 1.69. The Kier molecular flexibility index (Phi) is 4.61. The zero-order chi connectivity index (χ0) is 13.0. The van der Waals surface area contributed by atoms with E-state index >= 15 is 0 Å². The van der Waals surface area contributed by atoms with Crippen molar-refractivity contribution in [3.05, 3.63) is 57.7 Å². The summed E-state index contributed by atoms with van der Waals surface area (Å²) in [5, 5.41) is 3.95. The van der Waals surface area contributed by atoms with E-state index in [1.165, 1.54) is 5.56 Å². The Morgan fingerprint density at radius 3 is 2.72 bits per heavy atom. The average Bonchev–Trinajstić information content (AvgIpc) is 2.38. The second kappa shape index (κ2) is 6.21. The largest absolute Gasteiger partial charge is 0.369 e. The third kappa shape index (κ3) is 3.47. The van der Waals surface area contributed by atoms with Crippen molar-refractivity contribution in [2.24, 2.45) is 0 Å². The number of hydrogen-bond acceptors (Lipinski definition) is 2. The van der Waals surface area contributed by atoms with Crippen LogP contribution in [-0.4, -0.2) is 11.5 Å². The summed E-state index contributed by atoms with van der Waals surface area (Å²) in [5.41, 5.74) is 1.31. The molecule has 1 aromatic carbocycles. The van der Waals surface area contributed by atoms with Crippen LogP contribution >= 0.6 is 27.5 Å². The minimum Gasteiger partial charge on any atom is -0.369 e. The first-order chi connectivity index (χ1) is 8.66. The first kappa shape index (κ1) is 13.4. The van der Waals surface area contributed by atoms with Crippen molar-refractivity contribution < 1.29 is 0 Å². The Morgan fingerprint density at radius 1 is 1.33 bits per heavy atom. The lowest BCUT2D eigenvalue weighted by Gasteiger charge is -2.14. The van der Waals surface area contributed by atoms with E-state index in [0.29, 0.717) is 10.9 Å². The lowest BCUT2D eigenvalue weighted by Crippen LogP contribution is -2.11. The molecular formula is C14H14BrClN2. The van der Waals surface area contributed by atoms with Crippen molar-refractivity contribution >= 4 is 33.3 Å². The standard InChI is InChI=1S/C14H14BrClN2/c1-10(11-5-3-2-4-6-11)8-17-14-13(15)7-12(16)9-18-14/h2-7,9-10H,8H2,1H3,(H,17,18). The molecule has 0 amide bonds. The molecule has 0 aliphatic carbocycles. The number of rotatable bonds is 4. The summed E-state index contributed by atoms with van der Waals surface area (Å²) in [4.78, 5) is 4.25. The maximum atomic E-state index is 5.86. The number of pyridine rings is 1. The van der Waals surface area contributed by atoms with Gasteiger partial charge in [-0.15, -0.1) is 0 Å². The molecule has 0 spiro atoms. The van der Waals surface area contributed by atoms with Crippen LogP contribution in [0.25, 0.3) is 0 Å². The van der Waals surface area contributed by atoms with Crippen molar-refractivity contribution in [2.45, 2.75) is 12.8 Å². The minimum atomic E-state index is 0.426. The quantitative estimate of drug-likeness (QED) is 0.880. The molecule has 1 N–H and O–H groups in total. The molecular weight excluding hydrogens is 312 g/mol. The Bertz CT molecular complexity index is 516. The van der Waals surface area contributed by atoms with E-state index in [4.69, 9.17) is 11.6 Å². The van der Waals surface area contributed by atoms with E-state index in [2.05, 4.69) is 57.4 Å². The lowest BCUT2D eigenvalue weighted by atomic mass is 10.0. The second-order valence-corrected chi connectivity index (χ2v) is 5.47. The van der Waals surface area contributed by atoms with Gasteiger partial charge in [0.2, 0.25) is 0 Å². The highest BCUT2D eigenvalue weighted by molar-refractivity contribution is 9.10. The molecule has 0 aliphatic rings. The first-order valence-electron chi connectivity index (χ1n) is 5.76. The summed E-state index contributed by atoms with van der Waals surface area (Å²) in [6.45, 7) is 3.02. The van der Waals surface area contributed by atoms with Gasteiger partial charge in [-0.2, -0.15) is 0 Å². The average molecular weight is 326 g/mol. The van der Waals surface area contributed by atoms with Gasteiger partial charge in [-0.05, 0) is 33.5 Å². The molecule has 0 radical (unpaired) electrons.